The van der Waals surface area contributed by atoms with E-state index < -0.39 is 5.97 Å². The van der Waals surface area contributed by atoms with E-state index >= 15 is 0 Å². The topological polar surface area (TPSA) is 57.0 Å². The van der Waals surface area contributed by atoms with Crippen LogP contribution in [-0.2, 0) is 11.3 Å². The Balaban J connectivity index is 1.89. The third-order valence-corrected chi connectivity index (χ3v) is 3.84. The first kappa shape index (κ1) is 11.9. The number of methoxy groups -OCH3 is 1. The van der Waals surface area contributed by atoms with Gasteiger partial charge in [-0.15, -0.1) is 16.4 Å². The van der Waals surface area contributed by atoms with Crippen LogP contribution in [0.15, 0.2) is 35.8 Å². The average Bonchev–Trinajstić information content (AvgIpc) is 3.06. The van der Waals surface area contributed by atoms with E-state index in [2.05, 4.69) is 32.6 Å². The molecule has 3 rings (SSSR count). The molecule has 0 bridgehead atoms. The zero-order chi connectivity index (χ0) is 13.2. The minimum atomic E-state index is -0.471. The van der Waals surface area contributed by atoms with Gasteiger partial charge in [-0.05, 0) is 22.4 Å². The second-order valence-electron chi connectivity index (χ2n) is 4.05. The molecular formula is C13H11N3O2S. The van der Waals surface area contributed by atoms with E-state index in [0.717, 1.165) is 0 Å². The molecule has 96 valence electrons. The molecule has 5 nitrogen and oxygen atoms in total. The number of nitrogens with zero attached hydrogens (tertiary/aromatic N) is 3. The standard InChI is InChI=1S/C13H11N3O2S/c1-18-13(17)11-7-16(15-14-11)6-9-8-19-12-5-3-2-4-10(9)12/h2-5,7-8H,6H2,1H3. The summed E-state index contributed by atoms with van der Waals surface area (Å²) >= 11 is 1.70. The van der Waals surface area contributed by atoms with Gasteiger partial charge in [0.1, 0.15) is 0 Å². The van der Waals surface area contributed by atoms with Crippen molar-refractivity contribution in [3.8, 4) is 0 Å². The lowest BCUT2D eigenvalue weighted by atomic mass is 10.2. The summed E-state index contributed by atoms with van der Waals surface area (Å²) in [5, 5.41) is 11.0. The summed E-state index contributed by atoms with van der Waals surface area (Å²) in [5.41, 5.74) is 1.39. The minimum absolute atomic E-state index is 0.224. The Morgan fingerprint density at radius 3 is 3.11 bits per heavy atom. The van der Waals surface area contributed by atoms with Crippen LogP contribution in [0.3, 0.4) is 0 Å². The highest BCUT2D eigenvalue weighted by atomic mass is 32.1. The van der Waals surface area contributed by atoms with E-state index in [4.69, 9.17) is 0 Å². The molecule has 6 heteroatoms. The van der Waals surface area contributed by atoms with Crippen LogP contribution in [0.5, 0.6) is 0 Å². The van der Waals surface area contributed by atoms with Gasteiger partial charge in [0.05, 0.1) is 19.9 Å². The second-order valence-corrected chi connectivity index (χ2v) is 4.96. The van der Waals surface area contributed by atoms with Crippen molar-refractivity contribution < 1.29 is 9.53 Å². The zero-order valence-corrected chi connectivity index (χ0v) is 11.1. The maximum atomic E-state index is 11.3. The lowest BCUT2D eigenvalue weighted by Crippen LogP contribution is -2.01. The third kappa shape index (κ3) is 2.22. The Hall–Kier alpha value is -2.21. The SMILES string of the molecule is COC(=O)c1cn(Cc2csc3ccccc23)nn1. The molecule has 1 aromatic carbocycles. The van der Waals surface area contributed by atoms with Crippen molar-refractivity contribution >= 4 is 27.4 Å². The van der Waals surface area contributed by atoms with Crippen LogP contribution in [0.1, 0.15) is 16.1 Å². The van der Waals surface area contributed by atoms with Crippen molar-refractivity contribution in [2.24, 2.45) is 0 Å². The molecule has 0 aliphatic carbocycles. The van der Waals surface area contributed by atoms with Crippen LogP contribution in [-0.4, -0.2) is 28.1 Å². The van der Waals surface area contributed by atoms with Gasteiger partial charge in [-0.25, -0.2) is 9.48 Å². The van der Waals surface area contributed by atoms with Crippen molar-refractivity contribution in [2.45, 2.75) is 6.54 Å². The van der Waals surface area contributed by atoms with Crippen molar-refractivity contribution in [3.05, 3.63) is 47.1 Å². The molecule has 0 fully saturated rings. The van der Waals surface area contributed by atoms with Gasteiger partial charge in [0.15, 0.2) is 5.69 Å². The molecule has 3 aromatic rings. The Kier molecular flexibility index (Phi) is 3.00. The summed E-state index contributed by atoms with van der Waals surface area (Å²) in [5.74, 6) is -0.471. The first-order valence-electron chi connectivity index (χ1n) is 5.71. The summed E-state index contributed by atoms with van der Waals surface area (Å²) in [6.07, 6.45) is 1.60. The predicted molar refractivity (Wildman–Crippen MR) is 72.3 cm³/mol. The van der Waals surface area contributed by atoms with E-state index in [1.165, 1.54) is 22.8 Å². The highest BCUT2D eigenvalue weighted by Crippen LogP contribution is 2.26. The number of fused-ring (bicyclic) bond motifs is 1. The largest absolute Gasteiger partial charge is 0.464 e. The maximum absolute atomic E-state index is 11.3. The second kappa shape index (κ2) is 4.81. The van der Waals surface area contributed by atoms with E-state index in [-0.39, 0.29) is 5.69 Å². The molecule has 0 N–H and O–H groups in total. The number of ether oxygens (including phenoxy) is 1. The Morgan fingerprint density at radius 1 is 1.42 bits per heavy atom. The Bertz CT molecular complexity index is 732. The number of aromatic nitrogens is 3. The monoisotopic (exact) mass is 273 g/mol. The van der Waals surface area contributed by atoms with E-state index in [1.54, 1.807) is 22.2 Å². The maximum Gasteiger partial charge on any atom is 0.360 e. The Labute approximate surface area is 113 Å². The summed E-state index contributed by atoms with van der Waals surface area (Å²) in [6.45, 7) is 0.591. The third-order valence-electron chi connectivity index (χ3n) is 2.83. The van der Waals surface area contributed by atoms with Gasteiger partial charge in [-0.2, -0.15) is 0 Å². The predicted octanol–water partition coefficient (Wildman–Crippen LogP) is 2.33. The molecule has 0 radical (unpaired) electrons. The van der Waals surface area contributed by atoms with Gasteiger partial charge < -0.3 is 4.74 Å². The zero-order valence-electron chi connectivity index (χ0n) is 10.2. The van der Waals surface area contributed by atoms with Gasteiger partial charge in [-0.1, -0.05) is 23.4 Å². The quantitative estimate of drug-likeness (QED) is 0.687. The molecule has 0 aliphatic rings. The lowest BCUT2D eigenvalue weighted by Gasteiger charge is -1.98. The van der Waals surface area contributed by atoms with Crippen LogP contribution in [0.4, 0.5) is 0 Å². The number of hydrogen-bond donors (Lipinski definition) is 0. The van der Waals surface area contributed by atoms with Crippen LogP contribution < -0.4 is 0 Å². The summed E-state index contributed by atoms with van der Waals surface area (Å²) in [7, 11) is 1.33. The fraction of sp³-hybridized carbons (Fsp3) is 0.154. The molecule has 0 saturated heterocycles. The van der Waals surface area contributed by atoms with Crippen molar-refractivity contribution in [1.29, 1.82) is 0 Å². The highest BCUT2D eigenvalue weighted by Gasteiger charge is 2.11. The molecule has 0 amide bonds. The van der Waals surface area contributed by atoms with E-state index in [1.807, 2.05) is 12.1 Å². The Morgan fingerprint density at radius 2 is 2.26 bits per heavy atom. The van der Waals surface area contributed by atoms with Gasteiger partial charge in [0.2, 0.25) is 0 Å². The molecule has 0 atom stereocenters. The van der Waals surface area contributed by atoms with Crippen molar-refractivity contribution in [1.82, 2.24) is 15.0 Å². The fourth-order valence-electron chi connectivity index (χ4n) is 1.90. The number of carbonyl (C=O) groups is 1. The normalized spacial score (nSPS) is 10.8. The van der Waals surface area contributed by atoms with Gasteiger partial charge in [0, 0.05) is 4.70 Å². The molecular weight excluding hydrogens is 262 g/mol. The number of hydrogen-bond acceptors (Lipinski definition) is 5. The molecule has 2 heterocycles. The molecule has 2 aromatic heterocycles. The molecule has 0 unspecified atom stereocenters. The van der Waals surface area contributed by atoms with Crippen molar-refractivity contribution in [2.75, 3.05) is 7.11 Å². The fourth-order valence-corrected chi connectivity index (χ4v) is 2.86. The van der Waals surface area contributed by atoms with E-state index in [9.17, 15) is 4.79 Å². The van der Waals surface area contributed by atoms with Crippen LogP contribution in [0.2, 0.25) is 0 Å². The number of carbonyl (C=O) groups excluding carboxylic acids is 1. The summed E-state index contributed by atoms with van der Waals surface area (Å²) in [4.78, 5) is 11.3. The first-order chi connectivity index (χ1) is 9.28. The number of rotatable bonds is 3. The van der Waals surface area contributed by atoms with Gasteiger partial charge in [-0.3, -0.25) is 0 Å². The molecule has 0 spiro atoms. The van der Waals surface area contributed by atoms with Crippen LogP contribution >= 0.6 is 11.3 Å². The molecule has 19 heavy (non-hydrogen) atoms. The first-order valence-corrected chi connectivity index (χ1v) is 6.59. The van der Waals surface area contributed by atoms with Gasteiger partial charge in [0.25, 0.3) is 0 Å². The van der Waals surface area contributed by atoms with E-state index in [0.29, 0.717) is 6.54 Å². The smallest absolute Gasteiger partial charge is 0.360 e. The number of esters is 1. The lowest BCUT2D eigenvalue weighted by molar-refractivity contribution is 0.0594. The molecule has 0 saturated carbocycles. The summed E-state index contributed by atoms with van der Waals surface area (Å²) in [6, 6.07) is 8.21. The molecule has 0 aliphatic heterocycles. The summed E-state index contributed by atoms with van der Waals surface area (Å²) < 4.78 is 7.48. The van der Waals surface area contributed by atoms with Crippen LogP contribution in [0, 0.1) is 0 Å². The number of benzene rings is 1. The van der Waals surface area contributed by atoms with Gasteiger partial charge >= 0.3 is 5.97 Å². The number of thiophene rings is 1. The minimum Gasteiger partial charge on any atom is -0.464 e. The average molecular weight is 273 g/mol. The highest BCUT2D eigenvalue weighted by molar-refractivity contribution is 7.17. The van der Waals surface area contributed by atoms with Crippen molar-refractivity contribution in [3.63, 3.8) is 0 Å². The van der Waals surface area contributed by atoms with Crippen LogP contribution in [0.25, 0.3) is 10.1 Å².